The number of nitrogens with one attached hydrogen (secondary N) is 1. The number of likely N-dealkylation sites (tertiary alicyclic amines) is 1. The van der Waals surface area contributed by atoms with Crippen LogP contribution in [0.4, 0.5) is 10.5 Å². The summed E-state index contributed by atoms with van der Waals surface area (Å²) in [5, 5.41) is 2.89. The van der Waals surface area contributed by atoms with Gasteiger partial charge in [-0.1, -0.05) is 24.3 Å². The lowest BCUT2D eigenvalue weighted by Crippen LogP contribution is -2.51. The Kier molecular flexibility index (Phi) is 8.23. The van der Waals surface area contributed by atoms with Crippen LogP contribution in [0.1, 0.15) is 36.5 Å². The number of rotatable bonds is 6. The summed E-state index contributed by atoms with van der Waals surface area (Å²) in [7, 11) is 0. The Hall–Kier alpha value is -3.55. The van der Waals surface area contributed by atoms with E-state index in [-0.39, 0.29) is 17.8 Å². The van der Waals surface area contributed by atoms with Crippen LogP contribution in [0.3, 0.4) is 0 Å². The van der Waals surface area contributed by atoms with E-state index in [0.29, 0.717) is 50.0 Å². The zero-order valence-electron chi connectivity index (χ0n) is 20.3. The minimum atomic E-state index is -0.148. The second-order valence-corrected chi connectivity index (χ2v) is 9.19. The van der Waals surface area contributed by atoms with Gasteiger partial charge in [-0.25, -0.2) is 4.79 Å². The van der Waals surface area contributed by atoms with Gasteiger partial charge in [0.05, 0.1) is 6.61 Å². The normalized spacial score (nSPS) is 16.7. The molecule has 1 N–H and O–H groups in total. The smallest absolute Gasteiger partial charge is 0.321 e. The number of carbonyl (C=O) groups is 3. The number of piperidine rings is 1. The van der Waals surface area contributed by atoms with E-state index in [2.05, 4.69) is 5.32 Å². The topological polar surface area (TPSA) is 82.2 Å². The van der Waals surface area contributed by atoms with Gasteiger partial charge < -0.3 is 24.8 Å². The van der Waals surface area contributed by atoms with E-state index < -0.39 is 0 Å². The summed E-state index contributed by atoms with van der Waals surface area (Å²) in [6, 6.07) is 16.5. The Bertz CT molecular complexity index is 1010. The fourth-order valence-corrected chi connectivity index (χ4v) is 4.62. The first kappa shape index (κ1) is 24.6. The summed E-state index contributed by atoms with van der Waals surface area (Å²) in [4.78, 5) is 42.4. The van der Waals surface area contributed by atoms with Crippen LogP contribution < -0.4 is 10.1 Å². The van der Waals surface area contributed by atoms with Crippen LogP contribution in [0.5, 0.6) is 5.75 Å². The lowest BCUT2D eigenvalue weighted by atomic mass is 9.94. The molecule has 0 spiro atoms. The number of ether oxygens (including phenoxy) is 1. The fourth-order valence-electron chi connectivity index (χ4n) is 4.62. The van der Waals surface area contributed by atoms with E-state index in [9.17, 15) is 14.4 Å². The van der Waals surface area contributed by atoms with Crippen molar-refractivity contribution in [2.75, 3.05) is 51.2 Å². The molecule has 0 unspecified atom stereocenters. The number of piperazine rings is 1. The quantitative estimate of drug-likeness (QED) is 0.686. The lowest BCUT2D eigenvalue weighted by Gasteiger charge is -2.34. The highest BCUT2D eigenvalue weighted by Crippen LogP contribution is 2.22. The third-order valence-corrected chi connectivity index (χ3v) is 6.81. The molecule has 2 aromatic rings. The van der Waals surface area contributed by atoms with Crippen LogP contribution in [0.2, 0.25) is 0 Å². The van der Waals surface area contributed by atoms with Gasteiger partial charge in [0.2, 0.25) is 5.91 Å². The number of nitrogens with zero attached hydrogens (tertiary/aromatic N) is 3. The zero-order chi connectivity index (χ0) is 24.6. The van der Waals surface area contributed by atoms with E-state index in [0.717, 1.165) is 38.0 Å². The average Bonchev–Trinajstić information content (AvgIpc) is 2.89. The second kappa shape index (κ2) is 11.7. The molecule has 0 atom stereocenters. The summed E-state index contributed by atoms with van der Waals surface area (Å²) in [5.74, 6) is 1.36. The third-order valence-electron chi connectivity index (χ3n) is 6.81. The molecule has 4 rings (SSSR count). The number of hydrogen-bond donors (Lipinski definition) is 1. The molecule has 0 saturated carbocycles. The van der Waals surface area contributed by atoms with Crippen molar-refractivity contribution in [1.29, 1.82) is 0 Å². The summed E-state index contributed by atoms with van der Waals surface area (Å²) in [6.07, 6.45) is 2.96. The fraction of sp³-hybridized carbons (Fsp3) is 0.444. The molecule has 0 radical (unpaired) electrons. The Balaban J connectivity index is 1.22. The van der Waals surface area contributed by atoms with Crippen molar-refractivity contribution >= 4 is 23.5 Å². The maximum atomic E-state index is 13.0. The van der Waals surface area contributed by atoms with E-state index in [1.165, 1.54) is 0 Å². The van der Waals surface area contributed by atoms with Crippen LogP contribution in [0, 0.1) is 5.92 Å². The first-order valence-electron chi connectivity index (χ1n) is 12.4. The van der Waals surface area contributed by atoms with Crippen LogP contribution in [-0.4, -0.2) is 78.4 Å². The molecule has 2 saturated heterocycles. The average molecular weight is 479 g/mol. The predicted octanol–water partition coefficient (Wildman–Crippen LogP) is 3.70. The summed E-state index contributed by atoms with van der Waals surface area (Å²) >= 11 is 0. The molecule has 35 heavy (non-hydrogen) atoms. The highest BCUT2D eigenvalue weighted by molar-refractivity contribution is 5.95. The van der Waals surface area contributed by atoms with Gasteiger partial charge in [0, 0.05) is 57.4 Å². The highest BCUT2D eigenvalue weighted by atomic mass is 16.5. The molecule has 0 aromatic heterocycles. The lowest BCUT2D eigenvalue weighted by molar-refractivity contribution is -0.130. The Labute approximate surface area is 206 Å². The van der Waals surface area contributed by atoms with Gasteiger partial charge in [-0.3, -0.25) is 9.59 Å². The third kappa shape index (κ3) is 6.74. The number of hydrogen-bond acceptors (Lipinski definition) is 4. The Morgan fingerprint density at radius 1 is 0.857 bits per heavy atom. The van der Waals surface area contributed by atoms with Gasteiger partial charge in [0.15, 0.2) is 0 Å². The molecule has 2 aliphatic rings. The van der Waals surface area contributed by atoms with E-state index in [1.54, 1.807) is 28.9 Å². The van der Waals surface area contributed by atoms with Crippen molar-refractivity contribution in [1.82, 2.24) is 14.7 Å². The number of para-hydroxylation sites is 1. The van der Waals surface area contributed by atoms with E-state index in [1.807, 2.05) is 47.4 Å². The van der Waals surface area contributed by atoms with Crippen molar-refractivity contribution in [2.45, 2.75) is 26.2 Å². The monoisotopic (exact) mass is 478 g/mol. The molecule has 2 fully saturated rings. The standard InChI is InChI=1S/C27H34N4O4/c1-21(32)29-13-10-22(11-14-29)12-19-35-25-9-5-6-23(20-25)26(33)30-15-17-31(18-16-30)27(34)28-24-7-3-2-4-8-24/h2-9,20,22H,10-19H2,1H3,(H,28,34). The number of benzene rings is 2. The molecule has 8 heteroatoms. The first-order valence-corrected chi connectivity index (χ1v) is 12.4. The van der Waals surface area contributed by atoms with Crippen LogP contribution in [0.25, 0.3) is 0 Å². The van der Waals surface area contributed by atoms with Gasteiger partial charge in [-0.2, -0.15) is 0 Å². The first-order chi connectivity index (χ1) is 17.0. The Morgan fingerprint density at radius 3 is 2.23 bits per heavy atom. The minimum Gasteiger partial charge on any atom is -0.494 e. The summed E-state index contributed by atoms with van der Waals surface area (Å²) in [5.41, 5.74) is 1.36. The van der Waals surface area contributed by atoms with Crippen molar-refractivity contribution in [2.24, 2.45) is 5.92 Å². The van der Waals surface area contributed by atoms with Crippen LogP contribution in [-0.2, 0) is 4.79 Å². The van der Waals surface area contributed by atoms with Gasteiger partial charge >= 0.3 is 6.03 Å². The van der Waals surface area contributed by atoms with E-state index >= 15 is 0 Å². The van der Waals surface area contributed by atoms with Crippen molar-refractivity contribution in [3.63, 3.8) is 0 Å². The van der Waals surface area contributed by atoms with Crippen molar-refractivity contribution in [3.8, 4) is 5.75 Å². The van der Waals surface area contributed by atoms with Gasteiger partial charge in [0.1, 0.15) is 5.75 Å². The largest absolute Gasteiger partial charge is 0.494 e. The molecule has 2 aromatic carbocycles. The van der Waals surface area contributed by atoms with Gasteiger partial charge in [-0.15, -0.1) is 0 Å². The van der Waals surface area contributed by atoms with Crippen molar-refractivity contribution in [3.05, 3.63) is 60.2 Å². The number of anilines is 1. The zero-order valence-corrected chi connectivity index (χ0v) is 20.3. The molecular weight excluding hydrogens is 444 g/mol. The Morgan fingerprint density at radius 2 is 1.54 bits per heavy atom. The molecule has 0 bridgehead atoms. The molecule has 2 heterocycles. The molecule has 8 nitrogen and oxygen atoms in total. The molecular formula is C27H34N4O4. The number of amides is 4. The summed E-state index contributed by atoms with van der Waals surface area (Å²) < 4.78 is 5.95. The highest BCUT2D eigenvalue weighted by Gasteiger charge is 2.25. The number of urea groups is 1. The number of carbonyl (C=O) groups excluding carboxylic acids is 3. The van der Waals surface area contributed by atoms with Gasteiger partial charge in [0.25, 0.3) is 5.91 Å². The maximum absolute atomic E-state index is 13.0. The molecule has 186 valence electrons. The SMILES string of the molecule is CC(=O)N1CCC(CCOc2cccc(C(=O)N3CCN(C(=O)Nc4ccccc4)CC3)c2)CC1. The van der Waals surface area contributed by atoms with Crippen LogP contribution >= 0.6 is 0 Å². The minimum absolute atomic E-state index is 0.0461. The molecule has 0 aliphatic carbocycles. The van der Waals surface area contributed by atoms with Crippen molar-refractivity contribution < 1.29 is 19.1 Å². The molecule has 4 amide bonds. The predicted molar refractivity (Wildman–Crippen MR) is 134 cm³/mol. The summed E-state index contributed by atoms with van der Waals surface area (Å²) in [6.45, 7) is 5.83. The van der Waals surface area contributed by atoms with Gasteiger partial charge in [-0.05, 0) is 55.5 Å². The van der Waals surface area contributed by atoms with E-state index in [4.69, 9.17) is 4.74 Å². The maximum Gasteiger partial charge on any atom is 0.321 e. The van der Waals surface area contributed by atoms with Crippen LogP contribution in [0.15, 0.2) is 54.6 Å². The second-order valence-electron chi connectivity index (χ2n) is 9.19. The molecule has 2 aliphatic heterocycles.